The van der Waals surface area contributed by atoms with Gasteiger partial charge in [0.05, 0.1) is 0 Å². The van der Waals surface area contributed by atoms with Crippen LogP contribution in [0.15, 0.2) is 20.0 Å². The highest BCUT2D eigenvalue weighted by molar-refractivity contribution is 6.00. The summed E-state index contributed by atoms with van der Waals surface area (Å²) < 4.78 is 24.4. The maximum atomic E-state index is 13.8. The summed E-state index contributed by atoms with van der Waals surface area (Å²) >= 11 is 0. The fraction of sp³-hybridized carbons (Fsp3) is 0.778. The number of nitrogens with one attached hydrogen (secondary N) is 4. The van der Waals surface area contributed by atoms with Crippen LogP contribution in [0.2, 0.25) is 0 Å². The molecule has 5 rings (SSSR count). The van der Waals surface area contributed by atoms with Gasteiger partial charge >= 0.3 is 0 Å². The molecule has 0 saturated carbocycles. The largest absolute Gasteiger partial charge is 0.474 e. The Balaban J connectivity index is 1.53. The highest BCUT2D eigenvalue weighted by atomic mass is 16.5. The Morgan fingerprint density at radius 2 is 0.558 bits per heavy atom. The van der Waals surface area contributed by atoms with Crippen molar-refractivity contribution in [3.63, 3.8) is 0 Å². The number of hydrogen-bond acceptors (Lipinski definition) is 12. The van der Waals surface area contributed by atoms with E-state index < -0.39 is 96.4 Å². The lowest BCUT2D eigenvalue weighted by Gasteiger charge is -2.25. The van der Waals surface area contributed by atoms with E-state index in [1.165, 1.54) is 0 Å². The third-order valence-electron chi connectivity index (χ3n) is 10.1. The SMILES string of the molecule is CC(C)[C@@H]1NC(=O)[C@H]2N=C(O[C@H]2C)[C@H](C(C)C)NC(=O)[C@H]2N=C(O[C@@H]2C)[C@H](C(C)C)NC(=O)[C@H]2N=C(O[C@H]2C)[C@H](C(C)C)NC(=O)[C@H]2N=C1O[C@H]2C. The summed E-state index contributed by atoms with van der Waals surface area (Å²) in [6, 6.07) is -6.23. The van der Waals surface area contributed by atoms with Gasteiger partial charge in [-0.3, -0.25) is 19.2 Å². The van der Waals surface area contributed by atoms with Crippen molar-refractivity contribution in [3.8, 4) is 0 Å². The van der Waals surface area contributed by atoms with Gasteiger partial charge in [0, 0.05) is 0 Å². The van der Waals surface area contributed by atoms with Crippen molar-refractivity contribution in [2.24, 2.45) is 43.6 Å². The molecule has 12 atom stereocenters. The standard InChI is InChI=1S/C36H56N8O8/c1-13(2)21-33-41-26(17(9)49-33)30(46)38-23(15(5)6)35-43-28(19(11)51-35)32(48)40-24(16(7)8)36-44-27(20(12)52-36)31(47)39-22(14(3)4)34-42-25(18(10)50-34)29(45)37-21/h13-28H,1-12H3,(H,37,45)(H,38,46)(H,39,47)(H,40,48)/t17-,18-,19-,20+,21-,22-,23-,24-,25-,26-,27-,28-/m0/s1. The smallest absolute Gasteiger partial charge is 0.249 e. The number of aliphatic imine (C=N–C) groups is 4. The van der Waals surface area contributed by atoms with Crippen molar-refractivity contribution in [3.05, 3.63) is 0 Å². The molecule has 5 aliphatic rings. The molecule has 16 nitrogen and oxygen atoms in total. The number of carbonyl (C=O) groups excluding carboxylic acids is 4. The number of fused-ring (bicyclic) bond motifs is 4. The number of ether oxygens (including phenoxy) is 4. The van der Waals surface area contributed by atoms with Crippen molar-refractivity contribution in [2.45, 2.75) is 156 Å². The third kappa shape index (κ3) is 7.89. The van der Waals surface area contributed by atoms with Gasteiger partial charge in [0.2, 0.25) is 47.2 Å². The van der Waals surface area contributed by atoms with Gasteiger partial charge in [-0.25, -0.2) is 20.0 Å². The maximum absolute atomic E-state index is 13.8. The van der Waals surface area contributed by atoms with Crippen molar-refractivity contribution in [1.29, 1.82) is 0 Å². The van der Waals surface area contributed by atoms with Crippen molar-refractivity contribution >= 4 is 47.2 Å². The first-order chi connectivity index (χ1) is 24.4. The van der Waals surface area contributed by atoms with Crippen LogP contribution in [0.5, 0.6) is 0 Å². The van der Waals surface area contributed by atoms with E-state index in [0.717, 1.165) is 0 Å². The second kappa shape index (κ2) is 15.4. The van der Waals surface area contributed by atoms with Crippen LogP contribution in [0.25, 0.3) is 0 Å². The van der Waals surface area contributed by atoms with E-state index in [0.29, 0.717) is 0 Å². The molecule has 0 aromatic carbocycles. The fourth-order valence-corrected chi connectivity index (χ4v) is 6.82. The summed E-state index contributed by atoms with van der Waals surface area (Å²) in [6.07, 6.45) is -2.48. The van der Waals surface area contributed by atoms with E-state index in [1.54, 1.807) is 27.7 Å². The van der Waals surface area contributed by atoms with Crippen LogP contribution in [0.4, 0.5) is 0 Å². The maximum Gasteiger partial charge on any atom is 0.249 e. The average Bonchev–Trinajstić information content (AvgIpc) is 3.83. The first-order valence-electron chi connectivity index (χ1n) is 18.6. The van der Waals surface area contributed by atoms with Crippen LogP contribution in [-0.4, -0.2) is 120 Å². The normalized spacial score (nSPS) is 37.1. The van der Waals surface area contributed by atoms with Gasteiger partial charge in [-0.15, -0.1) is 0 Å². The number of nitrogens with zero attached hydrogens (tertiary/aromatic N) is 4. The van der Waals surface area contributed by atoms with E-state index >= 15 is 0 Å². The van der Waals surface area contributed by atoms with Gasteiger partial charge in [0.25, 0.3) is 0 Å². The molecule has 0 fully saturated rings. The lowest BCUT2D eigenvalue weighted by molar-refractivity contribution is -0.125. The lowest BCUT2D eigenvalue weighted by Crippen LogP contribution is -2.50. The summed E-state index contributed by atoms with van der Waals surface area (Å²) in [6.45, 7) is 22.3. The van der Waals surface area contributed by atoms with Crippen LogP contribution < -0.4 is 21.3 Å². The molecule has 5 aliphatic heterocycles. The summed E-state index contributed by atoms with van der Waals surface area (Å²) in [4.78, 5) is 73.7. The Kier molecular flexibility index (Phi) is 11.5. The van der Waals surface area contributed by atoms with Crippen molar-refractivity contribution in [1.82, 2.24) is 21.3 Å². The minimum absolute atomic E-state index is 0.148. The number of amides is 4. The molecule has 0 spiro atoms. The van der Waals surface area contributed by atoms with Crippen LogP contribution in [-0.2, 0) is 38.1 Å². The second-order valence-electron chi connectivity index (χ2n) is 15.9. The molecule has 0 aromatic rings. The van der Waals surface area contributed by atoms with Gasteiger partial charge in [0.15, 0.2) is 24.2 Å². The Hall–Kier alpha value is -4.24. The second-order valence-corrected chi connectivity index (χ2v) is 15.9. The molecule has 0 unspecified atom stereocenters. The molecule has 4 amide bonds. The molecule has 0 saturated heterocycles. The summed E-state index contributed by atoms with van der Waals surface area (Å²) in [5.41, 5.74) is 0. The Morgan fingerprint density at radius 1 is 0.385 bits per heavy atom. The van der Waals surface area contributed by atoms with Crippen molar-refractivity contribution in [2.75, 3.05) is 0 Å². The predicted octanol–water partition coefficient (Wildman–Crippen LogP) is 1.31. The monoisotopic (exact) mass is 728 g/mol. The van der Waals surface area contributed by atoms with E-state index in [9.17, 15) is 19.2 Å². The highest BCUT2D eigenvalue weighted by Gasteiger charge is 2.46. The third-order valence-corrected chi connectivity index (χ3v) is 10.1. The Morgan fingerprint density at radius 3 is 0.712 bits per heavy atom. The molecular weight excluding hydrogens is 672 g/mol. The minimum Gasteiger partial charge on any atom is -0.474 e. The highest BCUT2D eigenvalue weighted by Crippen LogP contribution is 2.26. The van der Waals surface area contributed by atoms with E-state index in [-0.39, 0.29) is 47.3 Å². The number of hydrogen-bond donors (Lipinski definition) is 4. The first kappa shape index (κ1) is 39.0. The molecular formula is C36H56N8O8. The van der Waals surface area contributed by atoms with Crippen molar-refractivity contribution < 1.29 is 38.1 Å². The fourth-order valence-electron chi connectivity index (χ4n) is 6.82. The molecule has 52 heavy (non-hydrogen) atoms. The van der Waals surface area contributed by atoms with E-state index in [1.807, 2.05) is 55.4 Å². The summed E-state index contributed by atoms with van der Waals surface area (Å²) in [5.74, 6) is -1.23. The average molecular weight is 729 g/mol. The molecule has 288 valence electrons. The van der Waals surface area contributed by atoms with Crippen LogP contribution in [0, 0.1) is 23.7 Å². The molecule has 0 aromatic heterocycles. The topological polar surface area (TPSA) is 203 Å². The molecule has 5 heterocycles. The quantitative estimate of drug-likeness (QED) is 0.332. The Bertz CT molecular complexity index is 1320. The van der Waals surface area contributed by atoms with Gasteiger partial charge in [-0.05, 0) is 51.4 Å². The number of carbonyl (C=O) groups is 4. The summed E-state index contributed by atoms with van der Waals surface area (Å²) in [5, 5.41) is 12.1. The predicted molar refractivity (Wildman–Crippen MR) is 194 cm³/mol. The minimum atomic E-state index is -0.905. The van der Waals surface area contributed by atoms with Gasteiger partial charge < -0.3 is 40.2 Å². The zero-order valence-corrected chi connectivity index (χ0v) is 32.3. The zero-order chi connectivity index (χ0) is 38.3. The Labute approximate surface area is 305 Å². The zero-order valence-electron chi connectivity index (χ0n) is 32.3. The van der Waals surface area contributed by atoms with Gasteiger partial charge in [0.1, 0.15) is 48.6 Å². The van der Waals surface area contributed by atoms with Gasteiger partial charge in [-0.1, -0.05) is 55.4 Å². The van der Waals surface area contributed by atoms with E-state index in [4.69, 9.17) is 18.9 Å². The first-order valence-corrected chi connectivity index (χ1v) is 18.6. The molecule has 4 N–H and O–H groups in total. The molecule has 0 radical (unpaired) electrons. The summed E-state index contributed by atoms with van der Waals surface area (Å²) in [7, 11) is 0. The molecule has 0 aliphatic carbocycles. The molecule has 8 bridgehead atoms. The van der Waals surface area contributed by atoms with E-state index in [2.05, 4.69) is 41.2 Å². The number of rotatable bonds is 4. The van der Waals surface area contributed by atoms with Crippen LogP contribution >= 0.6 is 0 Å². The molecule has 16 heteroatoms. The van der Waals surface area contributed by atoms with Crippen LogP contribution in [0.1, 0.15) is 83.1 Å². The van der Waals surface area contributed by atoms with Crippen LogP contribution in [0.3, 0.4) is 0 Å². The van der Waals surface area contributed by atoms with Gasteiger partial charge in [-0.2, -0.15) is 0 Å². The lowest BCUT2D eigenvalue weighted by atomic mass is 10.0.